The van der Waals surface area contributed by atoms with Gasteiger partial charge in [-0.05, 0) is 57.1 Å². The molecule has 1 aromatic heterocycles. The fourth-order valence-electron chi connectivity index (χ4n) is 4.90. The normalized spacial score (nSPS) is 21.6. The lowest BCUT2D eigenvalue weighted by molar-refractivity contribution is -0.130. The first-order valence-corrected chi connectivity index (χ1v) is 11.3. The van der Waals surface area contributed by atoms with Gasteiger partial charge in [0, 0.05) is 30.3 Å². The van der Waals surface area contributed by atoms with Crippen molar-refractivity contribution in [3.05, 3.63) is 35.5 Å². The molecule has 2 aliphatic carbocycles. The number of carbonyl (C=O) groups is 1. The third kappa shape index (κ3) is 4.65. The molecule has 1 saturated heterocycles. The minimum absolute atomic E-state index is 0.00241. The Morgan fingerprint density at radius 1 is 1.21 bits per heavy atom. The number of ether oxygens (including phenoxy) is 1. The first-order chi connectivity index (χ1) is 15.7. The van der Waals surface area contributed by atoms with Gasteiger partial charge in [0.25, 0.3) is 11.9 Å². The van der Waals surface area contributed by atoms with Crippen molar-refractivity contribution < 1.29 is 31.5 Å². The maximum Gasteiger partial charge on any atom is 0.396 e. The second-order valence-corrected chi connectivity index (χ2v) is 9.21. The zero-order valence-electron chi connectivity index (χ0n) is 18.0. The molecule has 0 radical (unpaired) electrons. The minimum Gasteiger partial charge on any atom is -0.487 e. The maximum atomic E-state index is 14.7. The van der Waals surface area contributed by atoms with Crippen LogP contribution < -0.4 is 15.0 Å². The van der Waals surface area contributed by atoms with E-state index in [1.165, 1.54) is 12.1 Å². The van der Waals surface area contributed by atoms with Crippen LogP contribution in [-0.4, -0.2) is 36.3 Å². The molecule has 33 heavy (non-hydrogen) atoms. The van der Waals surface area contributed by atoms with E-state index in [-0.39, 0.29) is 29.0 Å². The lowest BCUT2D eigenvalue weighted by Gasteiger charge is -2.21. The summed E-state index contributed by atoms with van der Waals surface area (Å²) in [6, 6.07) is 4.01. The second kappa shape index (κ2) is 8.22. The number of nitrogens with one attached hydrogen (secondary N) is 1. The van der Waals surface area contributed by atoms with Crippen molar-refractivity contribution in [2.45, 2.75) is 63.6 Å². The maximum absolute atomic E-state index is 14.7. The summed E-state index contributed by atoms with van der Waals surface area (Å²) in [5.41, 5.74) is -0.161. The van der Waals surface area contributed by atoms with Gasteiger partial charge in [0.2, 0.25) is 0 Å². The highest BCUT2D eigenvalue weighted by Crippen LogP contribution is 2.58. The standard InChI is InChI=1S/C23H25F4N3O3/c24-15-12-14(5-6-16(15)32-18-4-3-7-22(18)8-9-22)28-20(31)19-17(13-23(25,26)27)33-21(29-19)30-10-1-2-11-30/h5-6,12,18H,1-4,7-11,13H2,(H,28,31). The summed E-state index contributed by atoms with van der Waals surface area (Å²) in [5.74, 6) is -1.96. The molecule has 10 heteroatoms. The van der Waals surface area contributed by atoms with Crippen molar-refractivity contribution in [2.24, 2.45) is 5.41 Å². The number of rotatable bonds is 6. The highest BCUT2D eigenvalue weighted by molar-refractivity contribution is 6.03. The Kier molecular flexibility index (Phi) is 5.49. The lowest BCUT2D eigenvalue weighted by Crippen LogP contribution is -2.23. The zero-order valence-corrected chi connectivity index (χ0v) is 18.0. The molecule has 2 aromatic rings. The number of aromatic nitrogens is 1. The highest BCUT2D eigenvalue weighted by atomic mass is 19.4. The summed E-state index contributed by atoms with van der Waals surface area (Å²) in [7, 11) is 0. The van der Waals surface area contributed by atoms with Gasteiger partial charge in [0.15, 0.2) is 17.3 Å². The van der Waals surface area contributed by atoms with Crippen molar-refractivity contribution in [3.8, 4) is 5.75 Å². The molecule has 2 heterocycles. The van der Waals surface area contributed by atoms with Crippen LogP contribution in [0, 0.1) is 11.2 Å². The Balaban J connectivity index is 1.32. The second-order valence-electron chi connectivity index (χ2n) is 9.21. The van der Waals surface area contributed by atoms with E-state index in [1.54, 1.807) is 4.90 Å². The molecular weight excluding hydrogens is 442 g/mol. The molecule has 1 atom stereocenters. The van der Waals surface area contributed by atoms with Gasteiger partial charge in [0.05, 0.1) is 0 Å². The average molecular weight is 467 g/mol. The fraction of sp³-hybridized carbons (Fsp3) is 0.565. The Morgan fingerprint density at radius 2 is 1.97 bits per heavy atom. The molecule has 1 aromatic carbocycles. The highest BCUT2D eigenvalue weighted by Gasteiger charge is 2.53. The van der Waals surface area contributed by atoms with Crippen LogP contribution in [0.3, 0.4) is 0 Å². The molecule has 1 aliphatic heterocycles. The Bertz CT molecular complexity index is 1040. The summed E-state index contributed by atoms with van der Waals surface area (Å²) < 4.78 is 65.0. The third-order valence-electron chi connectivity index (χ3n) is 6.81. The number of anilines is 2. The van der Waals surface area contributed by atoms with Crippen molar-refractivity contribution in [2.75, 3.05) is 23.3 Å². The molecule has 1 spiro atoms. The van der Waals surface area contributed by atoms with E-state index in [0.717, 1.165) is 51.0 Å². The summed E-state index contributed by atoms with van der Waals surface area (Å²) in [6.45, 7) is 1.20. The average Bonchev–Trinajstić information content (AvgIpc) is 3.10. The van der Waals surface area contributed by atoms with E-state index in [9.17, 15) is 22.4 Å². The van der Waals surface area contributed by atoms with Crippen LogP contribution in [0.4, 0.5) is 29.3 Å². The van der Waals surface area contributed by atoms with Crippen molar-refractivity contribution in [3.63, 3.8) is 0 Å². The predicted octanol–water partition coefficient (Wildman–Crippen LogP) is 5.48. The van der Waals surface area contributed by atoms with Crippen LogP contribution in [0.1, 0.15) is 61.2 Å². The number of hydrogen-bond donors (Lipinski definition) is 1. The van der Waals surface area contributed by atoms with Crippen LogP contribution in [0.2, 0.25) is 0 Å². The molecule has 3 fully saturated rings. The quantitative estimate of drug-likeness (QED) is 0.570. The van der Waals surface area contributed by atoms with Gasteiger partial charge in [-0.15, -0.1) is 0 Å². The number of hydrogen-bond acceptors (Lipinski definition) is 5. The summed E-state index contributed by atoms with van der Waals surface area (Å²) in [4.78, 5) is 18.5. The molecule has 6 nitrogen and oxygen atoms in total. The number of nitrogens with zero attached hydrogens (tertiary/aromatic N) is 2. The van der Waals surface area contributed by atoms with E-state index >= 15 is 0 Å². The summed E-state index contributed by atoms with van der Waals surface area (Å²) in [6.07, 6.45) is 1.02. The Labute approximate surface area is 188 Å². The van der Waals surface area contributed by atoms with Gasteiger partial charge in [-0.1, -0.05) is 0 Å². The van der Waals surface area contributed by atoms with Crippen LogP contribution in [0.5, 0.6) is 5.75 Å². The number of amides is 1. The molecular formula is C23H25F4N3O3. The van der Waals surface area contributed by atoms with E-state index in [0.29, 0.717) is 13.1 Å². The number of halogens is 4. The van der Waals surface area contributed by atoms with Crippen LogP contribution in [0.15, 0.2) is 22.6 Å². The number of oxazole rings is 1. The molecule has 1 amide bonds. The van der Waals surface area contributed by atoms with Crippen LogP contribution in [-0.2, 0) is 6.42 Å². The number of benzene rings is 1. The van der Waals surface area contributed by atoms with Crippen molar-refractivity contribution >= 4 is 17.6 Å². The molecule has 0 bridgehead atoms. The first-order valence-electron chi connectivity index (χ1n) is 11.3. The van der Waals surface area contributed by atoms with E-state index in [2.05, 4.69) is 10.3 Å². The fourth-order valence-corrected chi connectivity index (χ4v) is 4.90. The number of carbonyl (C=O) groups excluding carboxylic acids is 1. The largest absolute Gasteiger partial charge is 0.487 e. The van der Waals surface area contributed by atoms with Crippen LogP contribution in [0.25, 0.3) is 0 Å². The van der Waals surface area contributed by atoms with Gasteiger partial charge in [-0.2, -0.15) is 18.2 Å². The molecule has 3 aliphatic rings. The molecule has 5 rings (SSSR count). The molecule has 1 N–H and O–H groups in total. The smallest absolute Gasteiger partial charge is 0.396 e. The van der Waals surface area contributed by atoms with Gasteiger partial charge < -0.3 is 19.4 Å². The first kappa shape index (κ1) is 22.0. The van der Waals surface area contributed by atoms with E-state index in [1.807, 2.05) is 0 Å². The van der Waals surface area contributed by atoms with Gasteiger partial charge >= 0.3 is 6.18 Å². The van der Waals surface area contributed by atoms with E-state index < -0.39 is 35.8 Å². The zero-order chi connectivity index (χ0) is 23.2. The SMILES string of the molecule is O=C(Nc1ccc(OC2CCCC23CC3)c(F)c1)c1nc(N2CCCC2)oc1CC(F)(F)F. The minimum atomic E-state index is -4.57. The monoisotopic (exact) mass is 467 g/mol. The van der Waals surface area contributed by atoms with Crippen molar-refractivity contribution in [1.82, 2.24) is 4.98 Å². The van der Waals surface area contributed by atoms with Gasteiger partial charge in [0.1, 0.15) is 18.3 Å². The molecule has 2 saturated carbocycles. The topological polar surface area (TPSA) is 67.6 Å². The summed E-state index contributed by atoms with van der Waals surface area (Å²) >= 11 is 0. The molecule has 178 valence electrons. The van der Waals surface area contributed by atoms with Gasteiger partial charge in [-0.25, -0.2) is 4.39 Å². The lowest BCUT2D eigenvalue weighted by atomic mass is 10.0. The number of alkyl halides is 3. The van der Waals surface area contributed by atoms with Gasteiger partial charge in [-0.3, -0.25) is 4.79 Å². The summed E-state index contributed by atoms with van der Waals surface area (Å²) in [5, 5.41) is 2.44. The predicted molar refractivity (Wildman–Crippen MR) is 112 cm³/mol. The Hall–Kier alpha value is -2.78. The van der Waals surface area contributed by atoms with Crippen LogP contribution >= 0.6 is 0 Å². The van der Waals surface area contributed by atoms with E-state index in [4.69, 9.17) is 9.15 Å². The molecule has 1 unspecified atom stereocenters. The van der Waals surface area contributed by atoms with Crippen molar-refractivity contribution in [1.29, 1.82) is 0 Å². The Morgan fingerprint density at radius 3 is 2.64 bits per heavy atom. The third-order valence-corrected chi connectivity index (χ3v) is 6.81.